The van der Waals surface area contributed by atoms with Crippen LogP contribution in [0.2, 0.25) is 0 Å². The molecule has 24 heavy (non-hydrogen) atoms. The van der Waals surface area contributed by atoms with Gasteiger partial charge in [-0.25, -0.2) is 18.1 Å². The molecule has 2 N–H and O–H groups in total. The Morgan fingerprint density at radius 3 is 2.46 bits per heavy atom. The SMILES string of the molecule is Cc1ncn(-c2ccc(NC(=O)CNS(=O)(=O)C3CC3)cc2)c1C. The summed E-state index contributed by atoms with van der Waals surface area (Å²) in [5.74, 6) is -0.387. The van der Waals surface area contributed by atoms with Crippen molar-refractivity contribution in [3.63, 3.8) is 0 Å². The van der Waals surface area contributed by atoms with Gasteiger partial charge in [-0.1, -0.05) is 0 Å². The van der Waals surface area contributed by atoms with Crippen LogP contribution in [0.4, 0.5) is 5.69 Å². The summed E-state index contributed by atoms with van der Waals surface area (Å²) < 4.78 is 27.7. The lowest BCUT2D eigenvalue weighted by molar-refractivity contribution is -0.115. The Bertz CT molecular complexity index is 852. The first-order valence-corrected chi connectivity index (χ1v) is 9.31. The maximum absolute atomic E-state index is 11.9. The van der Waals surface area contributed by atoms with Crippen molar-refractivity contribution in [3.05, 3.63) is 42.0 Å². The third-order valence-corrected chi connectivity index (χ3v) is 5.97. The highest BCUT2D eigenvalue weighted by Gasteiger charge is 2.35. The minimum Gasteiger partial charge on any atom is -0.325 e. The molecule has 1 aliphatic carbocycles. The number of sulfonamides is 1. The second-order valence-corrected chi connectivity index (χ2v) is 7.99. The number of nitrogens with one attached hydrogen (secondary N) is 2. The molecule has 1 saturated carbocycles. The van der Waals surface area contributed by atoms with Crippen LogP contribution in [-0.4, -0.2) is 35.7 Å². The fourth-order valence-corrected chi connectivity index (χ4v) is 3.66. The minimum atomic E-state index is -3.34. The Hall–Kier alpha value is -2.19. The minimum absolute atomic E-state index is 0.250. The number of carbonyl (C=O) groups is 1. The first-order valence-electron chi connectivity index (χ1n) is 7.76. The van der Waals surface area contributed by atoms with Gasteiger partial charge in [-0.3, -0.25) is 4.79 Å². The molecule has 3 rings (SSSR count). The Kier molecular flexibility index (Phi) is 4.42. The van der Waals surface area contributed by atoms with Crippen molar-refractivity contribution in [2.45, 2.75) is 31.9 Å². The maximum atomic E-state index is 11.9. The highest BCUT2D eigenvalue weighted by atomic mass is 32.2. The molecule has 0 atom stereocenters. The largest absolute Gasteiger partial charge is 0.325 e. The average Bonchev–Trinajstić information content (AvgIpc) is 3.35. The van der Waals surface area contributed by atoms with E-state index < -0.39 is 10.0 Å². The second kappa shape index (κ2) is 6.37. The summed E-state index contributed by atoms with van der Waals surface area (Å²) in [4.78, 5) is 16.1. The molecule has 1 aromatic carbocycles. The number of nitrogens with zero attached hydrogens (tertiary/aromatic N) is 2. The van der Waals surface area contributed by atoms with Gasteiger partial charge in [-0.2, -0.15) is 0 Å². The highest BCUT2D eigenvalue weighted by molar-refractivity contribution is 7.90. The average molecular weight is 348 g/mol. The summed E-state index contributed by atoms with van der Waals surface area (Å²) in [5.41, 5.74) is 3.58. The second-order valence-electron chi connectivity index (χ2n) is 5.95. The van der Waals surface area contributed by atoms with E-state index in [4.69, 9.17) is 0 Å². The first kappa shape index (κ1) is 16.7. The van der Waals surface area contributed by atoms with E-state index in [-0.39, 0.29) is 17.7 Å². The molecule has 7 nitrogen and oxygen atoms in total. The third kappa shape index (κ3) is 3.65. The molecule has 0 radical (unpaired) electrons. The number of anilines is 1. The molecule has 1 fully saturated rings. The molecule has 128 valence electrons. The molecular formula is C16H20N4O3S. The molecule has 0 aliphatic heterocycles. The van der Waals surface area contributed by atoms with Gasteiger partial charge in [0.25, 0.3) is 0 Å². The van der Waals surface area contributed by atoms with Crippen LogP contribution in [0.1, 0.15) is 24.2 Å². The van der Waals surface area contributed by atoms with Gasteiger partial charge in [0, 0.05) is 17.1 Å². The van der Waals surface area contributed by atoms with E-state index >= 15 is 0 Å². The van der Waals surface area contributed by atoms with Crippen molar-refractivity contribution in [3.8, 4) is 5.69 Å². The standard InChI is InChI=1S/C16H20N4O3S/c1-11-12(2)20(10-17-11)14-5-3-13(4-6-14)19-16(21)9-18-24(22,23)15-7-8-15/h3-6,10,15,18H,7-9H2,1-2H3,(H,19,21). The summed E-state index contributed by atoms with van der Waals surface area (Å²) >= 11 is 0. The predicted molar refractivity (Wildman–Crippen MR) is 91.6 cm³/mol. The highest BCUT2D eigenvalue weighted by Crippen LogP contribution is 2.27. The lowest BCUT2D eigenvalue weighted by Gasteiger charge is -2.09. The molecule has 0 unspecified atom stereocenters. The first-order chi connectivity index (χ1) is 11.4. The Morgan fingerprint density at radius 2 is 1.92 bits per heavy atom. The zero-order chi connectivity index (χ0) is 17.3. The van der Waals surface area contributed by atoms with E-state index in [9.17, 15) is 13.2 Å². The molecule has 0 spiro atoms. The Labute approximate surface area is 141 Å². The summed E-state index contributed by atoms with van der Waals surface area (Å²) in [6, 6.07) is 7.30. The Morgan fingerprint density at radius 1 is 1.25 bits per heavy atom. The molecule has 1 aromatic heterocycles. The lowest BCUT2D eigenvalue weighted by Crippen LogP contribution is -2.34. The van der Waals surface area contributed by atoms with Crippen LogP contribution in [0.25, 0.3) is 5.69 Å². The van der Waals surface area contributed by atoms with Crippen molar-refractivity contribution in [1.82, 2.24) is 14.3 Å². The topological polar surface area (TPSA) is 93.1 Å². The number of benzene rings is 1. The number of aryl methyl sites for hydroxylation is 1. The van der Waals surface area contributed by atoms with Gasteiger partial charge in [-0.05, 0) is 51.0 Å². The van der Waals surface area contributed by atoms with Gasteiger partial charge in [0.2, 0.25) is 15.9 Å². The fourth-order valence-electron chi connectivity index (χ4n) is 2.33. The van der Waals surface area contributed by atoms with Crippen LogP contribution in [-0.2, 0) is 14.8 Å². The van der Waals surface area contributed by atoms with Gasteiger partial charge in [-0.15, -0.1) is 0 Å². The molecule has 8 heteroatoms. The van der Waals surface area contributed by atoms with E-state index in [1.54, 1.807) is 18.5 Å². The van der Waals surface area contributed by atoms with Crippen LogP contribution in [0.5, 0.6) is 0 Å². The number of rotatable bonds is 6. The molecule has 1 heterocycles. The molecular weight excluding hydrogens is 328 g/mol. The number of amides is 1. The number of hydrogen-bond acceptors (Lipinski definition) is 4. The van der Waals surface area contributed by atoms with Gasteiger partial charge in [0.1, 0.15) is 0 Å². The molecule has 0 bridgehead atoms. The molecule has 0 saturated heterocycles. The molecule has 2 aromatic rings. The van der Waals surface area contributed by atoms with Crippen molar-refractivity contribution in [2.75, 3.05) is 11.9 Å². The number of carbonyl (C=O) groups excluding carboxylic acids is 1. The quantitative estimate of drug-likeness (QED) is 0.827. The van der Waals surface area contributed by atoms with Crippen molar-refractivity contribution < 1.29 is 13.2 Å². The van der Waals surface area contributed by atoms with E-state index in [0.29, 0.717) is 18.5 Å². The normalized spacial score (nSPS) is 14.6. The van der Waals surface area contributed by atoms with E-state index in [2.05, 4.69) is 15.0 Å². The predicted octanol–water partition coefficient (Wildman–Crippen LogP) is 1.51. The summed E-state index contributed by atoms with van der Waals surface area (Å²) in [6.07, 6.45) is 3.10. The summed E-state index contributed by atoms with van der Waals surface area (Å²) in [7, 11) is -3.34. The zero-order valence-electron chi connectivity index (χ0n) is 13.6. The van der Waals surface area contributed by atoms with Crippen LogP contribution in [0.15, 0.2) is 30.6 Å². The number of aromatic nitrogens is 2. The van der Waals surface area contributed by atoms with Crippen molar-refractivity contribution in [2.24, 2.45) is 0 Å². The van der Waals surface area contributed by atoms with Gasteiger partial charge >= 0.3 is 0 Å². The Balaban J connectivity index is 1.59. The molecule has 1 amide bonds. The third-order valence-electron chi connectivity index (χ3n) is 4.08. The fraction of sp³-hybridized carbons (Fsp3) is 0.375. The smallest absolute Gasteiger partial charge is 0.239 e. The van der Waals surface area contributed by atoms with Crippen LogP contribution in [0.3, 0.4) is 0 Å². The zero-order valence-corrected chi connectivity index (χ0v) is 14.4. The number of hydrogen-bond donors (Lipinski definition) is 2. The van der Waals surface area contributed by atoms with Crippen molar-refractivity contribution >= 4 is 21.6 Å². The van der Waals surface area contributed by atoms with E-state index in [0.717, 1.165) is 17.1 Å². The van der Waals surface area contributed by atoms with E-state index in [1.807, 2.05) is 30.5 Å². The van der Waals surface area contributed by atoms with Gasteiger partial charge in [0.15, 0.2) is 0 Å². The van der Waals surface area contributed by atoms with Gasteiger partial charge < -0.3 is 9.88 Å². The summed E-state index contributed by atoms with van der Waals surface area (Å²) in [6.45, 7) is 3.69. The summed E-state index contributed by atoms with van der Waals surface area (Å²) in [5, 5.41) is 2.35. The monoisotopic (exact) mass is 348 g/mol. The molecule has 1 aliphatic rings. The van der Waals surface area contributed by atoms with Gasteiger partial charge in [0.05, 0.1) is 23.8 Å². The van der Waals surface area contributed by atoms with Crippen LogP contribution >= 0.6 is 0 Å². The number of imidazole rings is 1. The lowest BCUT2D eigenvalue weighted by atomic mass is 10.2. The van der Waals surface area contributed by atoms with Crippen LogP contribution in [0, 0.1) is 13.8 Å². The van der Waals surface area contributed by atoms with E-state index in [1.165, 1.54) is 0 Å². The van der Waals surface area contributed by atoms with Crippen molar-refractivity contribution in [1.29, 1.82) is 0 Å². The van der Waals surface area contributed by atoms with Crippen LogP contribution < -0.4 is 10.0 Å². The maximum Gasteiger partial charge on any atom is 0.239 e.